The number of anilines is 1. The molecule has 2 aliphatic carbocycles. The summed E-state index contributed by atoms with van der Waals surface area (Å²) in [5.41, 5.74) is 2.83. The molecule has 3 aliphatic rings. The molecule has 186 valence electrons. The van der Waals surface area contributed by atoms with E-state index in [2.05, 4.69) is 22.1 Å². The number of esters is 1. The molecule has 1 aromatic heterocycles. The molecule has 2 saturated carbocycles. The Hall–Kier alpha value is -2.67. The molecule has 7 nitrogen and oxygen atoms in total. The van der Waals surface area contributed by atoms with Gasteiger partial charge in [-0.15, -0.1) is 0 Å². The van der Waals surface area contributed by atoms with Crippen molar-refractivity contribution in [2.75, 3.05) is 25.2 Å². The summed E-state index contributed by atoms with van der Waals surface area (Å²) in [5, 5.41) is 0.110. The Kier molecular flexibility index (Phi) is 6.96. The molecule has 8 heteroatoms. The first kappa shape index (κ1) is 24.0. The normalized spacial score (nSPS) is 26.6. The molecule has 0 N–H and O–H groups in total. The van der Waals surface area contributed by atoms with Gasteiger partial charge in [-0.1, -0.05) is 23.7 Å². The molecule has 1 aromatic carbocycles. The van der Waals surface area contributed by atoms with Gasteiger partial charge in [0, 0.05) is 12.1 Å². The number of nitrogens with zero attached hydrogens (tertiary/aromatic N) is 3. The van der Waals surface area contributed by atoms with Gasteiger partial charge in [-0.3, -0.25) is 9.59 Å². The summed E-state index contributed by atoms with van der Waals surface area (Å²) in [6.45, 7) is 0.771. The molecule has 2 fully saturated rings. The van der Waals surface area contributed by atoms with Crippen LogP contribution in [0.25, 0.3) is 0 Å². The number of carbonyl (C=O) groups excluding carboxylic acids is 2. The summed E-state index contributed by atoms with van der Waals surface area (Å²) in [6.07, 6.45) is 11.5. The lowest BCUT2D eigenvalue weighted by atomic mass is 9.60. The highest BCUT2D eigenvalue weighted by molar-refractivity contribution is 6.33. The number of halogens is 1. The molecular formula is C27H32ClN3O4. The number of ether oxygens (including phenoxy) is 2. The first-order valence-electron chi connectivity index (χ1n) is 12.6. The minimum atomic E-state index is -0.238. The van der Waals surface area contributed by atoms with Gasteiger partial charge < -0.3 is 14.4 Å². The minimum absolute atomic E-state index is 0.0758. The average molecular weight is 498 g/mol. The number of rotatable bonds is 4. The van der Waals surface area contributed by atoms with Crippen LogP contribution in [0.15, 0.2) is 30.6 Å². The molecule has 0 saturated heterocycles. The van der Waals surface area contributed by atoms with Crippen molar-refractivity contribution >= 4 is 29.2 Å². The third kappa shape index (κ3) is 5.01. The van der Waals surface area contributed by atoms with Gasteiger partial charge in [0.05, 0.1) is 13.7 Å². The molecule has 1 amide bonds. The van der Waals surface area contributed by atoms with Gasteiger partial charge in [0.2, 0.25) is 5.88 Å². The Morgan fingerprint density at radius 2 is 1.80 bits per heavy atom. The maximum Gasteiger partial charge on any atom is 0.305 e. The van der Waals surface area contributed by atoms with Gasteiger partial charge in [0.15, 0.2) is 0 Å². The number of amides is 1. The van der Waals surface area contributed by atoms with Gasteiger partial charge in [0.25, 0.3) is 5.91 Å². The van der Waals surface area contributed by atoms with Crippen LogP contribution in [-0.2, 0) is 9.53 Å². The van der Waals surface area contributed by atoms with E-state index in [1.54, 1.807) is 4.90 Å². The van der Waals surface area contributed by atoms with Crippen molar-refractivity contribution in [2.45, 2.75) is 63.7 Å². The first-order chi connectivity index (χ1) is 17.0. The molecule has 0 unspecified atom stereocenters. The monoisotopic (exact) mass is 497 g/mol. The molecule has 1 spiro atoms. The average Bonchev–Trinajstić information content (AvgIpc) is 3.05. The van der Waals surface area contributed by atoms with Crippen LogP contribution in [0.3, 0.4) is 0 Å². The van der Waals surface area contributed by atoms with Crippen LogP contribution < -0.4 is 9.64 Å². The van der Waals surface area contributed by atoms with Gasteiger partial charge in [-0.25, -0.2) is 9.97 Å². The summed E-state index contributed by atoms with van der Waals surface area (Å²) >= 11 is 6.19. The van der Waals surface area contributed by atoms with E-state index in [1.165, 1.54) is 57.5 Å². The molecule has 0 bridgehead atoms. The number of carbonyl (C=O) groups is 2. The molecule has 2 aromatic rings. The van der Waals surface area contributed by atoms with Crippen LogP contribution in [-0.4, -0.2) is 42.1 Å². The Labute approximate surface area is 211 Å². The standard InChI is InChI=1S/C27H32ClN3O4/c1-34-22(32)16-18-6-10-27(11-7-18)12-8-20(9-13-27)19-2-4-21(5-3-19)31-14-15-35-25-23(26(31)33)24(28)29-17-30-25/h2-5,17-18,20H,6-16H2,1H3. The van der Waals surface area contributed by atoms with Crippen molar-refractivity contribution in [1.82, 2.24) is 9.97 Å². The number of hydrogen-bond donors (Lipinski definition) is 0. The fourth-order valence-corrected chi connectivity index (χ4v) is 6.36. The molecule has 2 heterocycles. The smallest absolute Gasteiger partial charge is 0.305 e. The molecule has 0 atom stereocenters. The van der Waals surface area contributed by atoms with Crippen molar-refractivity contribution < 1.29 is 19.1 Å². The molecule has 0 radical (unpaired) electrons. The van der Waals surface area contributed by atoms with Crippen molar-refractivity contribution in [3.8, 4) is 5.88 Å². The number of benzene rings is 1. The van der Waals surface area contributed by atoms with Crippen molar-refractivity contribution in [3.05, 3.63) is 46.9 Å². The van der Waals surface area contributed by atoms with E-state index in [9.17, 15) is 9.59 Å². The largest absolute Gasteiger partial charge is 0.475 e. The number of fused-ring (bicyclic) bond motifs is 1. The summed E-state index contributed by atoms with van der Waals surface area (Å²) in [4.78, 5) is 34.5. The highest BCUT2D eigenvalue weighted by atomic mass is 35.5. The zero-order valence-electron chi connectivity index (χ0n) is 20.2. The lowest BCUT2D eigenvalue weighted by molar-refractivity contribution is -0.142. The summed E-state index contributed by atoms with van der Waals surface area (Å²) in [6, 6.07) is 8.37. The van der Waals surface area contributed by atoms with Crippen LogP contribution in [0.2, 0.25) is 5.15 Å². The second kappa shape index (κ2) is 10.1. The summed E-state index contributed by atoms with van der Waals surface area (Å²) in [5.74, 6) is 0.962. The zero-order chi connectivity index (χ0) is 24.4. The number of aromatic nitrogens is 2. The quantitative estimate of drug-likeness (QED) is 0.406. The minimum Gasteiger partial charge on any atom is -0.475 e. The topological polar surface area (TPSA) is 81.6 Å². The Morgan fingerprint density at radius 3 is 2.49 bits per heavy atom. The van der Waals surface area contributed by atoms with E-state index < -0.39 is 0 Å². The summed E-state index contributed by atoms with van der Waals surface area (Å²) in [7, 11) is 1.48. The molecule has 1 aliphatic heterocycles. The maximum absolute atomic E-state index is 13.2. The van der Waals surface area contributed by atoms with Gasteiger partial charge in [0.1, 0.15) is 23.7 Å². The maximum atomic E-state index is 13.2. The third-order valence-electron chi connectivity index (χ3n) is 8.35. The molecular weight excluding hydrogens is 466 g/mol. The Bertz CT molecular complexity index is 1070. The molecule has 5 rings (SSSR count). The zero-order valence-corrected chi connectivity index (χ0v) is 20.9. The van der Waals surface area contributed by atoms with Crippen molar-refractivity contribution in [3.63, 3.8) is 0 Å². The highest BCUT2D eigenvalue weighted by Gasteiger charge is 2.39. The number of methoxy groups -OCH3 is 1. The lowest BCUT2D eigenvalue weighted by Gasteiger charge is -2.45. The lowest BCUT2D eigenvalue weighted by Crippen LogP contribution is -2.33. The number of hydrogen-bond acceptors (Lipinski definition) is 6. The Morgan fingerprint density at radius 1 is 1.11 bits per heavy atom. The van der Waals surface area contributed by atoms with Crippen LogP contribution in [0.4, 0.5) is 5.69 Å². The van der Waals surface area contributed by atoms with E-state index in [0.717, 1.165) is 18.5 Å². The second-order valence-corrected chi connectivity index (χ2v) is 10.6. The fourth-order valence-electron chi connectivity index (χ4n) is 6.16. The highest BCUT2D eigenvalue weighted by Crippen LogP contribution is 2.52. The van der Waals surface area contributed by atoms with E-state index in [1.807, 2.05) is 12.1 Å². The van der Waals surface area contributed by atoms with Crippen LogP contribution in [0, 0.1) is 11.3 Å². The van der Waals surface area contributed by atoms with Crippen LogP contribution >= 0.6 is 11.6 Å². The van der Waals surface area contributed by atoms with Gasteiger partial charge in [-0.2, -0.15) is 0 Å². The van der Waals surface area contributed by atoms with Crippen LogP contribution in [0.5, 0.6) is 5.88 Å². The second-order valence-electron chi connectivity index (χ2n) is 10.2. The van der Waals surface area contributed by atoms with E-state index in [0.29, 0.717) is 36.8 Å². The van der Waals surface area contributed by atoms with Crippen LogP contribution in [0.1, 0.15) is 79.6 Å². The van der Waals surface area contributed by atoms with Gasteiger partial charge in [-0.05, 0) is 86.3 Å². The SMILES string of the molecule is COC(=O)CC1CCC2(CC1)CCC(c1ccc(N3CCOc4ncnc(Cl)c4C3=O)cc1)CC2. The third-order valence-corrected chi connectivity index (χ3v) is 8.64. The Balaban J connectivity index is 1.20. The fraction of sp³-hybridized carbons (Fsp3) is 0.556. The predicted octanol–water partition coefficient (Wildman–Crippen LogP) is 5.57. The summed E-state index contributed by atoms with van der Waals surface area (Å²) < 4.78 is 10.5. The van der Waals surface area contributed by atoms with E-state index in [-0.39, 0.29) is 28.5 Å². The molecule has 35 heavy (non-hydrogen) atoms. The van der Waals surface area contributed by atoms with Gasteiger partial charge >= 0.3 is 5.97 Å². The van der Waals surface area contributed by atoms with E-state index in [4.69, 9.17) is 21.1 Å². The van der Waals surface area contributed by atoms with Crippen molar-refractivity contribution in [2.24, 2.45) is 11.3 Å². The predicted molar refractivity (Wildman–Crippen MR) is 133 cm³/mol. The van der Waals surface area contributed by atoms with E-state index >= 15 is 0 Å². The first-order valence-corrected chi connectivity index (χ1v) is 13.0. The van der Waals surface area contributed by atoms with Crippen molar-refractivity contribution in [1.29, 1.82) is 0 Å².